The topological polar surface area (TPSA) is 38.5 Å². The zero-order valence-electron chi connectivity index (χ0n) is 11.8. The second kappa shape index (κ2) is 6.37. The smallest absolute Gasteiger partial charge is 0.142 e. The lowest BCUT2D eigenvalue weighted by Gasteiger charge is -2.32. The molecule has 0 saturated heterocycles. The third-order valence-corrected chi connectivity index (χ3v) is 4.08. The number of benzene rings is 2. The third-order valence-electron chi connectivity index (χ3n) is 3.83. The molecule has 2 aromatic rings. The molecular formula is C17H19ClN2O. The summed E-state index contributed by atoms with van der Waals surface area (Å²) in [5.41, 5.74) is 8.36. The van der Waals surface area contributed by atoms with Crippen molar-refractivity contribution in [2.24, 2.45) is 5.73 Å². The highest BCUT2D eigenvalue weighted by Gasteiger charge is 2.24. The number of ether oxygens (including phenoxy) is 1. The number of halogens is 1. The first kappa shape index (κ1) is 14.2. The fourth-order valence-electron chi connectivity index (χ4n) is 2.81. The van der Waals surface area contributed by atoms with Gasteiger partial charge in [-0.3, -0.25) is 0 Å². The van der Waals surface area contributed by atoms with Crippen LogP contribution in [0.3, 0.4) is 0 Å². The van der Waals surface area contributed by atoms with Crippen LogP contribution in [-0.2, 0) is 0 Å². The first-order valence-electron chi connectivity index (χ1n) is 7.23. The van der Waals surface area contributed by atoms with Gasteiger partial charge in [0.25, 0.3) is 0 Å². The Morgan fingerprint density at radius 3 is 2.67 bits per heavy atom. The second-order valence-corrected chi connectivity index (χ2v) is 5.60. The minimum absolute atomic E-state index is 0.130. The van der Waals surface area contributed by atoms with Crippen LogP contribution in [0.2, 0.25) is 5.02 Å². The second-order valence-electron chi connectivity index (χ2n) is 5.17. The Morgan fingerprint density at radius 1 is 1.14 bits per heavy atom. The van der Waals surface area contributed by atoms with Crippen molar-refractivity contribution in [1.82, 2.24) is 0 Å². The third kappa shape index (κ3) is 2.99. The van der Waals surface area contributed by atoms with Gasteiger partial charge in [0.1, 0.15) is 5.75 Å². The Hall–Kier alpha value is -1.71. The molecule has 1 heterocycles. The van der Waals surface area contributed by atoms with Gasteiger partial charge in [-0.15, -0.1) is 0 Å². The molecule has 1 aliphatic rings. The highest BCUT2D eigenvalue weighted by Crippen LogP contribution is 2.36. The highest BCUT2D eigenvalue weighted by atomic mass is 35.5. The van der Waals surface area contributed by atoms with Gasteiger partial charge in [0, 0.05) is 18.1 Å². The van der Waals surface area contributed by atoms with Gasteiger partial charge in [-0.05, 0) is 36.2 Å². The summed E-state index contributed by atoms with van der Waals surface area (Å²) in [6.07, 6.45) is 0.985. The van der Waals surface area contributed by atoms with Gasteiger partial charge in [-0.1, -0.05) is 35.9 Å². The van der Waals surface area contributed by atoms with Gasteiger partial charge in [-0.25, -0.2) is 0 Å². The molecule has 0 fully saturated rings. The summed E-state index contributed by atoms with van der Waals surface area (Å²) in [7, 11) is 0. The lowest BCUT2D eigenvalue weighted by molar-refractivity contribution is 0.322. The number of rotatable bonds is 3. The van der Waals surface area contributed by atoms with E-state index in [-0.39, 0.29) is 6.04 Å². The van der Waals surface area contributed by atoms with Gasteiger partial charge in [0.05, 0.1) is 18.3 Å². The van der Waals surface area contributed by atoms with Crippen LogP contribution in [0.5, 0.6) is 5.75 Å². The van der Waals surface area contributed by atoms with E-state index in [9.17, 15) is 0 Å². The van der Waals surface area contributed by atoms with Crippen LogP contribution in [0.4, 0.5) is 5.69 Å². The molecule has 110 valence electrons. The van der Waals surface area contributed by atoms with E-state index in [1.165, 1.54) is 5.56 Å². The van der Waals surface area contributed by atoms with Crippen LogP contribution in [0.1, 0.15) is 18.0 Å². The summed E-state index contributed by atoms with van der Waals surface area (Å²) >= 11 is 5.99. The van der Waals surface area contributed by atoms with Crippen molar-refractivity contribution >= 4 is 17.3 Å². The van der Waals surface area contributed by atoms with Gasteiger partial charge in [0.15, 0.2) is 0 Å². The van der Waals surface area contributed by atoms with Crippen molar-refractivity contribution in [2.75, 3.05) is 24.6 Å². The maximum absolute atomic E-state index is 6.07. The molecule has 0 amide bonds. The minimum atomic E-state index is 0.130. The number of anilines is 1. The molecule has 0 saturated carbocycles. The summed E-state index contributed by atoms with van der Waals surface area (Å²) in [5, 5.41) is 0.745. The SMILES string of the molecule is NCC(c1ccc(Cl)cc1)N1CCCOc2ccccc21. The molecule has 1 atom stereocenters. The van der Waals surface area contributed by atoms with Gasteiger partial charge >= 0.3 is 0 Å². The lowest BCUT2D eigenvalue weighted by atomic mass is 10.0. The Bertz CT molecular complexity index is 600. The number of para-hydroxylation sites is 2. The Labute approximate surface area is 130 Å². The van der Waals surface area contributed by atoms with Gasteiger partial charge in [-0.2, -0.15) is 0 Å². The number of fused-ring (bicyclic) bond motifs is 1. The van der Waals surface area contributed by atoms with Crippen molar-refractivity contribution in [1.29, 1.82) is 0 Å². The zero-order chi connectivity index (χ0) is 14.7. The molecule has 4 heteroatoms. The molecule has 0 spiro atoms. The Kier molecular flexibility index (Phi) is 4.32. The van der Waals surface area contributed by atoms with Crippen LogP contribution < -0.4 is 15.4 Å². The van der Waals surface area contributed by atoms with Crippen molar-refractivity contribution in [3.63, 3.8) is 0 Å². The predicted octanol–water partition coefficient (Wildman–Crippen LogP) is 3.63. The van der Waals surface area contributed by atoms with Crippen molar-refractivity contribution in [3.05, 3.63) is 59.1 Å². The molecular weight excluding hydrogens is 284 g/mol. The molecule has 1 unspecified atom stereocenters. The number of hydrogen-bond donors (Lipinski definition) is 1. The quantitative estimate of drug-likeness (QED) is 0.941. The van der Waals surface area contributed by atoms with Crippen LogP contribution in [0, 0.1) is 0 Å². The van der Waals surface area contributed by atoms with Crippen LogP contribution in [0.25, 0.3) is 0 Å². The number of hydrogen-bond acceptors (Lipinski definition) is 3. The maximum atomic E-state index is 6.07. The average Bonchev–Trinajstić information content (AvgIpc) is 2.73. The van der Waals surface area contributed by atoms with Gasteiger partial charge < -0.3 is 15.4 Å². The first-order chi connectivity index (χ1) is 10.3. The van der Waals surface area contributed by atoms with E-state index >= 15 is 0 Å². The highest BCUT2D eigenvalue weighted by molar-refractivity contribution is 6.30. The van der Waals surface area contributed by atoms with Crippen molar-refractivity contribution in [3.8, 4) is 5.75 Å². The predicted molar refractivity (Wildman–Crippen MR) is 87.1 cm³/mol. The van der Waals surface area contributed by atoms with Crippen LogP contribution in [0.15, 0.2) is 48.5 Å². The minimum Gasteiger partial charge on any atom is -0.491 e. The summed E-state index contributed by atoms with van der Waals surface area (Å²) in [6, 6.07) is 16.2. The van der Waals surface area contributed by atoms with E-state index in [1.807, 2.05) is 42.5 Å². The number of nitrogens with two attached hydrogens (primary N) is 1. The van der Waals surface area contributed by atoms with Gasteiger partial charge in [0.2, 0.25) is 0 Å². The fraction of sp³-hybridized carbons (Fsp3) is 0.294. The molecule has 0 bridgehead atoms. The van der Waals surface area contributed by atoms with E-state index in [4.69, 9.17) is 22.1 Å². The summed E-state index contributed by atoms with van der Waals surface area (Å²) < 4.78 is 5.82. The largest absolute Gasteiger partial charge is 0.491 e. The normalized spacial score (nSPS) is 15.8. The molecule has 21 heavy (non-hydrogen) atoms. The van der Waals surface area contributed by atoms with E-state index in [0.29, 0.717) is 6.54 Å². The van der Waals surface area contributed by atoms with Crippen molar-refractivity contribution < 1.29 is 4.74 Å². The van der Waals surface area contributed by atoms with Crippen LogP contribution >= 0.6 is 11.6 Å². The average molecular weight is 303 g/mol. The lowest BCUT2D eigenvalue weighted by Crippen LogP contribution is -2.34. The summed E-state index contributed by atoms with van der Waals surface area (Å²) in [4.78, 5) is 2.34. The van der Waals surface area contributed by atoms with E-state index in [2.05, 4.69) is 11.0 Å². The monoisotopic (exact) mass is 302 g/mol. The van der Waals surface area contributed by atoms with Crippen molar-refractivity contribution in [2.45, 2.75) is 12.5 Å². The maximum Gasteiger partial charge on any atom is 0.142 e. The molecule has 2 N–H and O–H groups in total. The molecule has 3 nitrogen and oxygen atoms in total. The van der Waals surface area contributed by atoms with Crippen LogP contribution in [-0.4, -0.2) is 19.7 Å². The fourth-order valence-corrected chi connectivity index (χ4v) is 2.93. The molecule has 3 rings (SSSR count). The first-order valence-corrected chi connectivity index (χ1v) is 7.61. The van der Waals surface area contributed by atoms with E-state index in [1.54, 1.807) is 0 Å². The zero-order valence-corrected chi connectivity index (χ0v) is 12.6. The standard InChI is InChI=1S/C17H19ClN2O/c18-14-8-6-13(7-9-14)16(12-19)20-10-3-11-21-17-5-2-1-4-15(17)20/h1-2,4-9,16H,3,10-12,19H2. The van der Waals surface area contributed by atoms with E-state index in [0.717, 1.165) is 36.0 Å². The van der Waals surface area contributed by atoms with E-state index < -0.39 is 0 Å². The molecule has 0 aromatic heterocycles. The Balaban J connectivity index is 1.98. The number of nitrogens with zero attached hydrogens (tertiary/aromatic N) is 1. The molecule has 0 radical (unpaired) electrons. The molecule has 1 aliphatic heterocycles. The molecule has 0 aliphatic carbocycles. The Morgan fingerprint density at radius 2 is 1.90 bits per heavy atom. The summed E-state index contributed by atoms with van der Waals surface area (Å²) in [5.74, 6) is 0.933. The molecule has 2 aromatic carbocycles. The summed E-state index contributed by atoms with van der Waals surface area (Å²) in [6.45, 7) is 2.23.